The Morgan fingerprint density at radius 2 is 1.67 bits per heavy atom. The second-order valence-corrected chi connectivity index (χ2v) is 7.94. The summed E-state index contributed by atoms with van der Waals surface area (Å²) in [5, 5.41) is 10.5. The summed E-state index contributed by atoms with van der Waals surface area (Å²) in [4.78, 5) is 19.3. The molecule has 0 unspecified atom stereocenters. The molecule has 1 aliphatic heterocycles. The molecule has 1 fully saturated rings. The molecule has 166 valence electrons. The van der Waals surface area contributed by atoms with Gasteiger partial charge in [0.1, 0.15) is 5.75 Å². The number of hydrogen-bond acceptors (Lipinski definition) is 5. The van der Waals surface area contributed by atoms with Crippen LogP contribution in [0.5, 0.6) is 5.75 Å². The van der Waals surface area contributed by atoms with Gasteiger partial charge in [-0.15, -0.1) is 0 Å². The molecule has 2 heterocycles. The monoisotopic (exact) mass is 440 g/mol. The molecule has 4 aromatic rings. The maximum atomic E-state index is 12.1. The Morgan fingerprint density at radius 3 is 2.33 bits per heavy atom. The van der Waals surface area contributed by atoms with Gasteiger partial charge in [-0.05, 0) is 48.0 Å². The number of para-hydroxylation sites is 1. The number of ether oxygens (including phenoxy) is 2. The second kappa shape index (κ2) is 8.92. The number of aromatic carboxylic acids is 1. The number of anilines is 1. The molecular weight excluding hydrogens is 416 g/mol. The number of benzene rings is 3. The predicted molar refractivity (Wildman–Crippen MR) is 129 cm³/mol. The zero-order valence-corrected chi connectivity index (χ0v) is 18.3. The molecule has 0 amide bonds. The predicted octanol–water partition coefficient (Wildman–Crippen LogP) is 5.11. The van der Waals surface area contributed by atoms with E-state index >= 15 is 0 Å². The lowest BCUT2D eigenvalue weighted by molar-refractivity contribution is 0.0699. The Balaban J connectivity index is 1.61. The number of aromatic nitrogens is 1. The molecule has 1 saturated heterocycles. The quantitative estimate of drug-likeness (QED) is 0.465. The number of fused-ring (bicyclic) bond motifs is 1. The Hall–Kier alpha value is -3.90. The average Bonchev–Trinajstić information content (AvgIpc) is 2.88. The lowest BCUT2D eigenvalue weighted by Gasteiger charge is -2.29. The third kappa shape index (κ3) is 4.13. The third-order valence-corrected chi connectivity index (χ3v) is 6.01. The zero-order valence-electron chi connectivity index (χ0n) is 18.3. The molecule has 6 nitrogen and oxygen atoms in total. The standard InChI is InChI=1S/C27H24N2O4/c1-32-21-11-7-19(8-12-21)25-17-24(27(30)31)23-4-2-3-22(26(23)28-25)18-5-9-20(10-6-18)29-13-15-33-16-14-29/h2-12,17H,13-16H2,1H3,(H,30,31). The summed E-state index contributed by atoms with van der Waals surface area (Å²) in [5.74, 6) is -0.240. The minimum absolute atomic E-state index is 0.234. The Labute approximate surface area is 192 Å². The molecule has 0 bridgehead atoms. The molecule has 0 saturated carbocycles. The van der Waals surface area contributed by atoms with E-state index in [9.17, 15) is 9.90 Å². The minimum Gasteiger partial charge on any atom is -0.497 e. The van der Waals surface area contributed by atoms with Crippen LogP contribution in [-0.4, -0.2) is 49.5 Å². The Kier molecular flexibility index (Phi) is 5.67. The molecular formula is C27H24N2O4. The molecule has 0 radical (unpaired) electrons. The number of carboxylic acid groups (broad SMARTS) is 1. The number of hydrogen-bond donors (Lipinski definition) is 1. The van der Waals surface area contributed by atoms with E-state index in [1.165, 1.54) is 0 Å². The minimum atomic E-state index is -0.975. The van der Waals surface area contributed by atoms with E-state index in [1.807, 2.05) is 42.5 Å². The van der Waals surface area contributed by atoms with Gasteiger partial charge in [0.2, 0.25) is 0 Å². The van der Waals surface area contributed by atoms with Crippen molar-refractivity contribution < 1.29 is 19.4 Å². The first-order chi connectivity index (χ1) is 16.1. The van der Waals surface area contributed by atoms with E-state index < -0.39 is 5.97 Å². The first-order valence-corrected chi connectivity index (χ1v) is 10.9. The summed E-state index contributed by atoms with van der Waals surface area (Å²) in [7, 11) is 1.61. The number of methoxy groups -OCH3 is 1. The number of pyridine rings is 1. The van der Waals surface area contributed by atoms with E-state index in [0.717, 1.165) is 54.4 Å². The fourth-order valence-corrected chi connectivity index (χ4v) is 4.24. The highest BCUT2D eigenvalue weighted by molar-refractivity contribution is 6.07. The SMILES string of the molecule is COc1ccc(-c2cc(C(=O)O)c3cccc(-c4ccc(N5CCOCC5)cc4)c3n2)cc1. The summed E-state index contributed by atoms with van der Waals surface area (Å²) >= 11 is 0. The molecule has 33 heavy (non-hydrogen) atoms. The van der Waals surface area contributed by atoms with E-state index in [-0.39, 0.29) is 5.56 Å². The smallest absolute Gasteiger partial charge is 0.336 e. The van der Waals surface area contributed by atoms with Crippen molar-refractivity contribution in [3.8, 4) is 28.1 Å². The molecule has 0 spiro atoms. The second-order valence-electron chi connectivity index (χ2n) is 7.94. The van der Waals surface area contributed by atoms with Gasteiger partial charge in [-0.2, -0.15) is 0 Å². The van der Waals surface area contributed by atoms with Gasteiger partial charge in [-0.1, -0.05) is 30.3 Å². The summed E-state index contributed by atoms with van der Waals surface area (Å²) < 4.78 is 10.7. The third-order valence-electron chi connectivity index (χ3n) is 6.01. The van der Waals surface area contributed by atoms with Crippen molar-refractivity contribution in [1.82, 2.24) is 4.98 Å². The normalized spacial score (nSPS) is 13.8. The van der Waals surface area contributed by atoms with Crippen LogP contribution in [0.4, 0.5) is 5.69 Å². The fraction of sp³-hybridized carbons (Fsp3) is 0.185. The highest BCUT2D eigenvalue weighted by Crippen LogP contribution is 2.33. The lowest BCUT2D eigenvalue weighted by Crippen LogP contribution is -2.36. The molecule has 0 atom stereocenters. The van der Waals surface area contributed by atoms with E-state index in [1.54, 1.807) is 13.2 Å². The summed E-state index contributed by atoms with van der Waals surface area (Å²) in [6.07, 6.45) is 0. The van der Waals surface area contributed by atoms with Gasteiger partial charge >= 0.3 is 5.97 Å². The van der Waals surface area contributed by atoms with Crippen molar-refractivity contribution in [2.45, 2.75) is 0 Å². The van der Waals surface area contributed by atoms with Crippen LogP contribution >= 0.6 is 0 Å². The first kappa shape index (κ1) is 21.0. The Bertz CT molecular complexity index is 1290. The number of rotatable bonds is 5. The molecule has 5 rings (SSSR count). The van der Waals surface area contributed by atoms with Crippen molar-refractivity contribution in [2.24, 2.45) is 0 Å². The Morgan fingerprint density at radius 1 is 0.970 bits per heavy atom. The average molecular weight is 440 g/mol. The van der Waals surface area contributed by atoms with Gasteiger partial charge < -0.3 is 19.5 Å². The van der Waals surface area contributed by atoms with Gasteiger partial charge in [-0.3, -0.25) is 0 Å². The van der Waals surface area contributed by atoms with Gasteiger partial charge in [0, 0.05) is 35.3 Å². The maximum absolute atomic E-state index is 12.1. The summed E-state index contributed by atoms with van der Waals surface area (Å²) in [6, 6.07) is 23.1. The van der Waals surface area contributed by atoms with Crippen molar-refractivity contribution in [2.75, 3.05) is 38.3 Å². The summed E-state index contributed by atoms with van der Waals surface area (Å²) in [6.45, 7) is 3.23. The maximum Gasteiger partial charge on any atom is 0.336 e. The van der Waals surface area contributed by atoms with Crippen LogP contribution in [0.2, 0.25) is 0 Å². The van der Waals surface area contributed by atoms with Crippen LogP contribution in [0.3, 0.4) is 0 Å². The first-order valence-electron chi connectivity index (χ1n) is 10.9. The molecule has 3 aromatic carbocycles. The van der Waals surface area contributed by atoms with Gasteiger partial charge in [0.25, 0.3) is 0 Å². The van der Waals surface area contributed by atoms with Crippen LogP contribution in [0.15, 0.2) is 72.8 Å². The van der Waals surface area contributed by atoms with E-state index in [4.69, 9.17) is 14.5 Å². The zero-order chi connectivity index (χ0) is 22.8. The molecule has 1 aliphatic rings. The van der Waals surface area contributed by atoms with E-state index in [0.29, 0.717) is 16.6 Å². The van der Waals surface area contributed by atoms with Crippen molar-refractivity contribution in [1.29, 1.82) is 0 Å². The highest BCUT2D eigenvalue weighted by Gasteiger charge is 2.17. The van der Waals surface area contributed by atoms with Gasteiger partial charge in [-0.25, -0.2) is 9.78 Å². The molecule has 1 N–H and O–H groups in total. The topological polar surface area (TPSA) is 71.9 Å². The largest absolute Gasteiger partial charge is 0.497 e. The number of nitrogens with zero attached hydrogens (tertiary/aromatic N) is 2. The number of morpholine rings is 1. The van der Waals surface area contributed by atoms with Gasteiger partial charge in [0.05, 0.1) is 37.1 Å². The van der Waals surface area contributed by atoms with Crippen molar-refractivity contribution >= 4 is 22.6 Å². The van der Waals surface area contributed by atoms with Crippen LogP contribution in [0.1, 0.15) is 10.4 Å². The van der Waals surface area contributed by atoms with Crippen LogP contribution in [0, 0.1) is 0 Å². The molecule has 0 aliphatic carbocycles. The van der Waals surface area contributed by atoms with Crippen LogP contribution in [0.25, 0.3) is 33.3 Å². The molecule has 6 heteroatoms. The molecule has 1 aromatic heterocycles. The van der Waals surface area contributed by atoms with Crippen molar-refractivity contribution in [3.63, 3.8) is 0 Å². The number of carbonyl (C=O) groups is 1. The van der Waals surface area contributed by atoms with Gasteiger partial charge in [0.15, 0.2) is 0 Å². The van der Waals surface area contributed by atoms with E-state index in [2.05, 4.69) is 29.2 Å². The number of carboxylic acids is 1. The fourth-order valence-electron chi connectivity index (χ4n) is 4.24. The highest BCUT2D eigenvalue weighted by atomic mass is 16.5. The lowest BCUT2D eigenvalue weighted by atomic mass is 9.97. The summed E-state index contributed by atoms with van der Waals surface area (Å²) in [5.41, 5.74) is 5.39. The van der Waals surface area contributed by atoms with Crippen LogP contribution < -0.4 is 9.64 Å². The van der Waals surface area contributed by atoms with Crippen molar-refractivity contribution in [3.05, 3.63) is 78.4 Å². The van der Waals surface area contributed by atoms with Crippen LogP contribution in [-0.2, 0) is 4.74 Å².